The van der Waals surface area contributed by atoms with Gasteiger partial charge in [0.25, 0.3) is 0 Å². The number of rotatable bonds is 8. The largest absolute Gasteiger partial charge is 0.305 e. The van der Waals surface area contributed by atoms with Gasteiger partial charge in [0.15, 0.2) is 0 Å². The van der Waals surface area contributed by atoms with Crippen molar-refractivity contribution < 1.29 is 90.5 Å². The Hall–Kier alpha value is -9.43. The van der Waals surface area contributed by atoms with Crippen molar-refractivity contribution in [3.05, 3.63) is 365 Å². The quantitative estimate of drug-likeness (QED) is 0.110. The Morgan fingerprint density at radius 1 is 0.299 bits per heavy atom. The zero-order valence-corrected chi connectivity index (χ0v) is 67.0. The van der Waals surface area contributed by atoms with Crippen LogP contribution in [0.3, 0.4) is 0 Å². The molecule has 0 aliphatic carbocycles. The third-order valence-corrected chi connectivity index (χ3v) is 25.2. The Bertz CT molecular complexity index is 6200. The average Bonchev–Trinajstić information content (AvgIpc) is 1.58. The molecule has 2 aliphatic rings. The molecule has 0 saturated carbocycles. The van der Waals surface area contributed by atoms with E-state index in [9.17, 15) is 12.6 Å². The van der Waals surface area contributed by atoms with Crippen LogP contribution in [0.15, 0.2) is 360 Å². The molecule has 526 valence electrons. The Balaban J connectivity index is 0.000000125. The number of fused-ring (bicyclic) bond motifs is 12. The Labute approximate surface area is 685 Å². The van der Waals surface area contributed by atoms with Gasteiger partial charge in [0.1, 0.15) is 0 Å². The zero-order valence-electron chi connectivity index (χ0n) is 56.3. The van der Waals surface area contributed by atoms with Gasteiger partial charge in [-0.2, -0.15) is 0 Å². The minimum Gasteiger partial charge on any atom is -0.305 e. The summed E-state index contributed by atoms with van der Waals surface area (Å²) in [4.78, 5) is 20.4. The summed E-state index contributed by atoms with van der Waals surface area (Å²) in [7, 11) is -4.60. The van der Waals surface area contributed by atoms with E-state index in [0.29, 0.717) is 24.3 Å². The second kappa shape index (κ2) is 33.8. The number of hydrogen-bond donors (Lipinski definition) is 0. The van der Waals surface area contributed by atoms with E-state index in [-0.39, 0.29) is 77.9 Å². The molecule has 6 aromatic heterocycles. The number of sulfone groups is 1. The number of thiophene rings is 1. The topological polar surface area (TPSA) is 103 Å². The molecule has 1 unspecified atom stereocenters. The molecule has 0 fully saturated rings. The van der Waals surface area contributed by atoms with Gasteiger partial charge in [0.2, 0.25) is 9.84 Å². The molecular weight excluding hydrogens is 1800 g/mol. The number of benzene rings is 12. The summed E-state index contributed by atoms with van der Waals surface area (Å²) < 4.78 is 44.3. The molecular formula is C92H56N4O3Rh4S3Se-4. The Morgan fingerprint density at radius 3 is 1.22 bits per heavy atom. The SMILES string of the molecule is O=S1(=O)c2ccccc2-c2ccc(-c3ccnc(-c4[c-]cccc4)c3)cc21.O=S1c2ccccc2-c2ccc(-c3ccnc(-c4[c-]cccc4)c3)cc21.[Rh].[Rh].[Rh].[Rh].[c-]1ccccc1-c1cc(-c2ccc3c(c2)[se]c2ccccc23)ccn1.[c-]1ccccc1-c1cc(-c2ccc3c(c2)sc2ccccc23)ccn1. The summed E-state index contributed by atoms with van der Waals surface area (Å²) in [5, 5.41) is 5.46. The monoisotopic (exact) mass is 1850 g/mol. The smallest absolute Gasteiger partial charge is 0.0361 e. The normalized spacial score (nSPS) is 12.3. The van der Waals surface area contributed by atoms with Crippen LogP contribution in [0, 0.1) is 24.3 Å². The first-order chi connectivity index (χ1) is 50.7. The average molecular weight is 1850 g/mol. The third-order valence-electron chi connectivity index (χ3n) is 18.4. The van der Waals surface area contributed by atoms with Gasteiger partial charge in [-0.1, -0.05) is 109 Å². The van der Waals surface area contributed by atoms with Crippen molar-refractivity contribution in [2.75, 3.05) is 0 Å². The van der Waals surface area contributed by atoms with E-state index in [4.69, 9.17) is 0 Å². The molecule has 0 bridgehead atoms. The minimum atomic E-state index is -3.48. The van der Waals surface area contributed by atoms with Crippen LogP contribution in [0.5, 0.6) is 0 Å². The van der Waals surface area contributed by atoms with Gasteiger partial charge < -0.3 is 15.0 Å². The van der Waals surface area contributed by atoms with Crippen molar-refractivity contribution in [3.8, 4) is 112 Å². The summed E-state index contributed by atoms with van der Waals surface area (Å²) in [6, 6.07) is 118. The van der Waals surface area contributed by atoms with Crippen LogP contribution in [0.2, 0.25) is 0 Å². The van der Waals surface area contributed by atoms with Gasteiger partial charge in [-0.05, 0) is 116 Å². The summed E-state index contributed by atoms with van der Waals surface area (Å²) in [6.07, 6.45) is 7.31. The van der Waals surface area contributed by atoms with Crippen molar-refractivity contribution in [1.29, 1.82) is 0 Å². The van der Waals surface area contributed by atoms with Crippen molar-refractivity contribution >= 4 is 85.9 Å². The number of aromatic nitrogens is 4. The van der Waals surface area contributed by atoms with E-state index >= 15 is 0 Å². The second-order valence-electron chi connectivity index (χ2n) is 24.6. The number of nitrogens with zero attached hydrogens (tertiary/aromatic N) is 4. The summed E-state index contributed by atoms with van der Waals surface area (Å²) in [6.45, 7) is 0. The first kappa shape index (κ1) is 75.8. The van der Waals surface area contributed by atoms with E-state index in [1.165, 1.54) is 61.7 Å². The molecule has 107 heavy (non-hydrogen) atoms. The first-order valence-corrected chi connectivity index (χ1v) is 38.6. The molecule has 0 saturated heterocycles. The molecule has 0 amide bonds. The third kappa shape index (κ3) is 15.7. The fourth-order valence-corrected chi connectivity index (χ4v) is 20.0. The van der Waals surface area contributed by atoms with Crippen LogP contribution in [0.25, 0.3) is 151 Å². The summed E-state index contributed by atoms with van der Waals surface area (Å²) >= 11 is 2.24. The van der Waals surface area contributed by atoms with Crippen molar-refractivity contribution in [1.82, 2.24) is 19.9 Å². The fourth-order valence-electron chi connectivity index (χ4n) is 13.3. The molecule has 18 aromatic rings. The Kier molecular flexibility index (Phi) is 23.9. The van der Waals surface area contributed by atoms with Crippen LogP contribution in [-0.2, 0) is 98.5 Å². The molecule has 0 spiro atoms. The molecule has 7 nitrogen and oxygen atoms in total. The van der Waals surface area contributed by atoms with E-state index in [0.717, 1.165) is 99.3 Å². The Morgan fingerprint density at radius 2 is 0.682 bits per heavy atom. The minimum absolute atomic E-state index is 0. The zero-order chi connectivity index (χ0) is 69.2. The number of pyridine rings is 4. The van der Waals surface area contributed by atoms with Crippen LogP contribution < -0.4 is 0 Å². The molecule has 8 heterocycles. The van der Waals surface area contributed by atoms with Gasteiger partial charge in [0, 0.05) is 128 Å². The van der Waals surface area contributed by atoms with E-state index in [2.05, 4.69) is 178 Å². The van der Waals surface area contributed by atoms with Crippen LogP contribution in [0.4, 0.5) is 0 Å². The molecule has 2 aliphatic heterocycles. The standard InChI is InChI=1S/C23H14NO2S.C23H14NOS.C23H14NS.C23H14NSe.4Rh/c25-27(26)22-9-5-4-8-19(22)20-11-10-17(15-23(20)27)18-12-13-24-21(14-18)16-6-2-1-3-7-16;25-26-22-9-5-4-8-19(22)20-11-10-17(15-23(20)26)18-12-13-24-21(14-18)16-6-2-1-3-7-16;2*1-2-6-16(7-3-1)21-14-18(12-13-24-21)17-10-11-20-19-8-4-5-9-22(19)25-23(20)15-17;;;;/h1-6,8-15H;1-6,8-15H;2*1-6,8-15H;;;;/q4*-1;;;;. The predicted molar refractivity (Wildman–Crippen MR) is 422 cm³/mol. The van der Waals surface area contributed by atoms with Gasteiger partial charge >= 0.3 is 152 Å². The molecule has 0 N–H and O–H groups in total. The van der Waals surface area contributed by atoms with E-state index in [1.54, 1.807) is 24.4 Å². The van der Waals surface area contributed by atoms with Gasteiger partial charge in [-0.25, -0.2) is 12.6 Å². The molecule has 1 atom stereocenters. The van der Waals surface area contributed by atoms with Gasteiger partial charge in [-0.15, -0.1) is 119 Å². The number of hydrogen-bond acceptors (Lipinski definition) is 8. The maximum Gasteiger partial charge on any atom is 0.0361 e. The van der Waals surface area contributed by atoms with Crippen molar-refractivity contribution in [3.63, 3.8) is 0 Å². The predicted octanol–water partition coefficient (Wildman–Crippen LogP) is 22.5. The maximum absolute atomic E-state index is 12.9. The van der Waals surface area contributed by atoms with Gasteiger partial charge in [-0.3, -0.25) is 0 Å². The maximum atomic E-state index is 12.9. The van der Waals surface area contributed by atoms with Crippen LogP contribution in [0.1, 0.15) is 0 Å². The fraction of sp³-hybridized carbons (Fsp3) is 0. The first-order valence-electron chi connectivity index (χ1n) is 33.4. The van der Waals surface area contributed by atoms with E-state index in [1.807, 2.05) is 194 Å². The van der Waals surface area contributed by atoms with Gasteiger partial charge in [0.05, 0.1) is 30.4 Å². The van der Waals surface area contributed by atoms with Crippen molar-refractivity contribution in [2.45, 2.75) is 19.6 Å². The van der Waals surface area contributed by atoms with Crippen molar-refractivity contribution in [2.24, 2.45) is 0 Å². The van der Waals surface area contributed by atoms with E-state index < -0.39 is 20.6 Å². The molecule has 15 heteroatoms. The molecule has 20 rings (SSSR count). The van der Waals surface area contributed by atoms with Crippen LogP contribution >= 0.6 is 11.3 Å². The summed E-state index contributed by atoms with van der Waals surface area (Å²) in [5.41, 5.74) is 19.9. The molecule has 4 radical (unpaired) electrons. The summed E-state index contributed by atoms with van der Waals surface area (Å²) in [5.74, 6) is 0. The van der Waals surface area contributed by atoms with Crippen LogP contribution in [-0.4, -0.2) is 47.1 Å². The second-order valence-corrected chi connectivity index (χ2v) is 31.3. The molecule has 12 aromatic carbocycles.